The van der Waals surface area contributed by atoms with Crippen LogP contribution in [-0.4, -0.2) is 24.5 Å². The number of hydrogen-bond acceptors (Lipinski definition) is 5. The van der Waals surface area contributed by atoms with Gasteiger partial charge in [0.15, 0.2) is 17.5 Å². The van der Waals surface area contributed by atoms with E-state index in [0.29, 0.717) is 17.5 Å². The van der Waals surface area contributed by atoms with Crippen LogP contribution in [0.3, 0.4) is 0 Å². The van der Waals surface area contributed by atoms with E-state index in [1.807, 2.05) is 54.6 Å². The van der Waals surface area contributed by atoms with Gasteiger partial charge in [-0.2, -0.15) is 0 Å². The van der Waals surface area contributed by atoms with Gasteiger partial charge in [0, 0.05) is 27.8 Å². The fourth-order valence-corrected chi connectivity index (χ4v) is 7.28. The summed E-state index contributed by atoms with van der Waals surface area (Å²) in [7, 11) is 0. The zero-order valence-corrected chi connectivity index (χ0v) is 28.0. The SMILES string of the molecule is c1ccc(-c2nc(-c3ccccc3-c3ccccc3)nc(-c3ccccc3N3c4ccccc4-c4ccccc4-n4c3nc3ccccc34)n2)cc1. The lowest BCUT2D eigenvalue weighted by molar-refractivity contribution is 1.04. The van der Waals surface area contributed by atoms with Crippen LogP contribution < -0.4 is 4.90 Å². The molecule has 244 valence electrons. The van der Waals surface area contributed by atoms with Crippen molar-refractivity contribution in [3.8, 4) is 62.1 Å². The predicted molar refractivity (Wildman–Crippen MR) is 210 cm³/mol. The van der Waals surface area contributed by atoms with Crippen LogP contribution in [0.5, 0.6) is 0 Å². The fraction of sp³-hybridized carbons (Fsp3) is 0. The topological polar surface area (TPSA) is 59.7 Å². The third-order valence-electron chi connectivity index (χ3n) is 9.63. The van der Waals surface area contributed by atoms with Gasteiger partial charge in [0.2, 0.25) is 5.95 Å². The lowest BCUT2D eigenvalue weighted by atomic mass is 9.99. The highest BCUT2D eigenvalue weighted by Crippen LogP contribution is 2.49. The number of hydrogen-bond donors (Lipinski definition) is 0. The molecule has 0 spiro atoms. The molecule has 0 saturated carbocycles. The van der Waals surface area contributed by atoms with Crippen molar-refractivity contribution >= 4 is 28.4 Å². The van der Waals surface area contributed by atoms with E-state index < -0.39 is 0 Å². The maximum atomic E-state index is 5.31. The molecule has 6 nitrogen and oxygen atoms in total. The fourth-order valence-electron chi connectivity index (χ4n) is 7.28. The van der Waals surface area contributed by atoms with Crippen LogP contribution in [0.25, 0.3) is 73.1 Å². The first-order valence-electron chi connectivity index (χ1n) is 17.3. The zero-order valence-electron chi connectivity index (χ0n) is 28.0. The number of para-hydroxylation sites is 5. The Morgan fingerprint density at radius 1 is 0.308 bits per heavy atom. The second-order valence-corrected chi connectivity index (χ2v) is 12.7. The van der Waals surface area contributed by atoms with Crippen molar-refractivity contribution in [1.29, 1.82) is 0 Å². The van der Waals surface area contributed by atoms with Gasteiger partial charge < -0.3 is 0 Å². The van der Waals surface area contributed by atoms with Crippen LogP contribution in [0.15, 0.2) is 182 Å². The molecule has 0 N–H and O–H groups in total. The molecule has 1 aliphatic rings. The number of aromatic nitrogens is 5. The smallest absolute Gasteiger partial charge is 0.220 e. The molecule has 0 aliphatic carbocycles. The number of benzene rings is 7. The lowest BCUT2D eigenvalue weighted by Gasteiger charge is -2.26. The average Bonchev–Trinajstić information content (AvgIpc) is 3.55. The van der Waals surface area contributed by atoms with Crippen molar-refractivity contribution in [3.05, 3.63) is 182 Å². The summed E-state index contributed by atoms with van der Waals surface area (Å²) in [4.78, 5) is 23.2. The molecule has 6 heteroatoms. The highest BCUT2D eigenvalue weighted by atomic mass is 15.3. The van der Waals surface area contributed by atoms with Gasteiger partial charge in [-0.15, -0.1) is 0 Å². The van der Waals surface area contributed by atoms with Crippen LogP contribution in [0, 0.1) is 0 Å². The van der Waals surface area contributed by atoms with Crippen molar-refractivity contribution in [2.45, 2.75) is 0 Å². The molecule has 52 heavy (non-hydrogen) atoms. The summed E-state index contributed by atoms with van der Waals surface area (Å²) < 4.78 is 2.27. The standard InChI is InChI=1S/C46H30N6/c1-3-17-31(18-4-1)33-21-7-8-24-36(33)44-48-43(32-19-5-2-6-20-32)49-45(50-44)37-25-11-15-29-41(37)51-39-27-13-9-22-34(39)35-23-10-14-28-40(35)52-42-30-16-12-26-38(42)47-46(51)52/h1-30H. The Bertz CT molecular complexity index is 2750. The Labute approximate surface area is 301 Å². The van der Waals surface area contributed by atoms with E-state index in [9.17, 15) is 0 Å². The minimum Gasteiger partial charge on any atom is -0.279 e. The summed E-state index contributed by atoms with van der Waals surface area (Å²) in [5.74, 6) is 2.57. The largest absolute Gasteiger partial charge is 0.279 e. The van der Waals surface area contributed by atoms with E-state index in [2.05, 4.69) is 137 Å². The van der Waals surface area contributed by atoms with Gasteiger partial charge >= 0.3 is 0 Å². The number of fused-ring (bicyclic) bond motifs is 7. The van der Waals surface area contributed by atoms with E-state index in [1.165, 1.54) is 0 Å². The van der Waals surface area contributed by atoms with E-state index in [-0.39, 0.29) is 0 Å². The molecule has 3 heterocycles. The van der Waals surface area contributed by atoms with E-state index in [4.69, 9.17) is 19.9 Å². The van der Waals surface area contributed by atoms with Crippen molar-refractivity contribution in [2.24, 2.45) is 0 Å². The molecular formula is C46H30N6. The Morgan fingerprint density at radius 3 is 1.48 bits per heavy atom. The van der Waals surface area contributed by atoms with Gasteiger partial charge in [0.05, 0.1) is 28.1 Å². The highest BCUT2D eigenvalue weighted by Gasteiger charge is 2.31. The van der Waals surface area contributed by atoms with Crippen molar-refractivity contribution in [2.75, 3.05) is 4.90 Å². The Balaban J connectivity index is 1.25. The average molecular weight is 667 g/mol. The minimum atomic E-state index is 0.573. The molecule has 0 radical (unpaired) electrons. The lowest BCUT2D eigenvalue weighted by Crippen LogP contribution is -2.15. The molecule has 0 bridgehead atoms. The van der Waals surface area contributed by atoms with Crippen molar-refractivity contribution < 1.29 is 0 Å². The zero-order chi connectivity index (χ0) is 34.4. The second kappa shape index (κ2) is 12.3. The monoisotopic (exact) mass is 666 g/mol. The van der Waals surface area contributed by atoms with Gasteiger partial charge in [-0.3, -0.25) is 9.47 Å². The third kappa shape index (κ3) is 4.88. The molecule has 0 saturated heterocycles. The van der Waals surface area contributed by atoms with Crippen LogP contribution in [0.2, 0.25) is 0 Å². The van der Waals surface area contributed by atoms with Crippen LogP contribution in [0.4, 0.5) is 17.3 Å². The molecule has 9 aromatic rings. The van der Waals surface area contributed by atoms with E-state index in [1.54, 1.807) is 0 Å². The molecule has 1 aliphatic heterocycles. The molecular weight excluding hydrogens is 637 g/mol. The van der Waals surface area contributed by atoms with Gasteiger partial charge in [0.1, 0.15) is 0 Å². The molecule has 7 aromatic carbocycles. The Morgan fingerprint density at radius 2 is 0.769 bits per heavy atom. The number of anilines is 3. The van der Waals surface area contributed by atoms with Gasteiger partial charge in [-0.1, -0.05) is 146 Å². The van der Waals surface area contributed by atoms with Gasteiger partial charge in [-0.25, -0.2) is 19.9 Å². The summed E-state index contributed by atoms with van der Waals surface area (Å²) in [5.41, 5.74) is 12.1. The quantitative estimate of drug-likeness (QED) is 0.183. The van der Waals surface area contributed by atoms with Crippen LogP contribution >= 0.6 is 0 Å². The number of imidazole rings is 1. The van der Waals surface area contributed by atoms with Gasteiger partial charge in [-0.05, 0) is 47.5 Å². The maximum absolute atomic E-state index is 5.31. The molecule has 2 aromatic heterocycles. The first kappa shape index (κ1) is 29.7. The summed E-state index contributed by atoms with van der Waals surface area (Å²) in [6.45, 7) is 0. The minimum absolute atomic E-state index is 0.573. The summed E-state index contributed by atoms with van der Waals surface area (Å²) in [6.07, 6.45) is 0. The molecule has 0 amide bonds. The molecule has 10 rings (SSSR count). The molecule has 0 unspecified atom stereocenters. The van der Waals surface area contributed by atoms with Crippen LogP contribution in [0.1, 0.15) is 0 Å². The number of rotatable bonds is 5. The van der Waals surface area contributed by atoms with Gasteiger partial charge in [0.25, 0.3) is 0 Å². The Kier molecular flexibility index (Phi) is 7.03. The van der Waals surface area contributed by atoms with Crippen LogP contribution in [-0.2, 0) is 0 Å². The predicted octanol–water partition coefficient (Wildman–Crippen LogP) is 11.3. The third-order valence-corrected chi connectivity index (χ3v) is 9.63. The second-order valence-electron chi connectivity index (χ2n) is 12.7. The maximum Gasteiger partial charge on any atom is 0.220 e. The van der Waals surface area contributed by atoms with Crippen molar-refractivity contribution in [3.63, 3.8) is 0 Å². The molecule has 0 atom stereocenters. The van der Waals surface area contributed by atoms with E-state index >= 15 is 0 Å². The summed E-state index contributed by atoms with van der Waals surface area (Å²) in [6, 6.07) is 62.6. The number of nitrogens with zero attached hydrogens (tertiary/aromatic N) is 6. The first-order chi connectivity index (χ1) is 25.8. The summed E-state index contributed by atoms with van der Waals surface area (Å²) >= 11 is 0. The first-order valence-corrected chi connectivity index (χ1v) is 17.3. The van der Waals surface area contributed by atoms with E-state index in [0.717, 1.165) is 73.0 Å². The molecule has 0 fully saturated rings. The highest BCUT2D eigenvalue weighted by molar-refractivity contribution is 5.98. The normalized spacial score (nSPS) is 11.8. The summed E-state index contributed by atoms with van der Waals surface area (Å²) in [5, 5.41) is 0. The Hall–Kier alpha value is -7.18. The van der Waals surface area contributed by atoms with Crippen molar-refractivity contribution in [1.82, 2.24) is 24.5 Å².